The summed E-state index contributed by atoms with van der Waals surface area (Å²) in [4.78, 5) is 11.8. The molecule has 1 saturated carbocycles. The summed E-state index contributed by atoms with van der Waals surface area (Å²) >= 11 is 0. The second-order valence-electron chi connectivity index (χ2n) is 6.24. The predicted molar refractivity (Wildman–Crippen MR) is 85.9 cm³/mol. The fourth-order valence-electron chi connectivity index (χ4n) is 3.09. The van der Waals surface area contributed by atoms with Gasteiger partial charge in [0.1, 0.15) is 0 Å². The van der Waals surface area contributed by atoms with Gasteiger partial charge in [0.15, 0.2) is 0 Å². The summed E-state index contributed by atoms with van der Waals surface area (Å²) in [6, 6.07) is 0.458. The van der Waals surface area contributed by atoms with E-state index in [-0.39, 0.29) is 11.9 Å². The van der Waals surface area contributed by atoms with Crippen LogP contribution < -0.4 is 10.6 Å². The number of nitrogens with one attached hydrogen (secondary N) is 2. The Morgan fingerprint density at radius 2 is 1.40 bits per heavy atom. The van der Waals surface area contributed by atoms with Crippen molar-refractivity contribution < 1.29 is 4.79 Å². The van der Waals surface area contributed by atoms with Crippen LogP contribution in [0.3, 0.4) is 0 Å². The largest absolute Gasteiger partial charge is 0.355 e. The number of amides is 1. The molecule has 0 heterocycles. The molecule has 20 heavy (non-hydrogen) atoms. The first-order valence-corrected chi connectivity index (χ1v) is 8.77. The van der Waals surface area contributed by atoms with Crippen LogP contribution in [0.1, 0.15) is 84.5 Å². The molecule has 2 N–H and O–H groups in total. The van der Waals surface area contributed by atoms with E-state index in [0.29, 0.717) is 6.04 Å². The highest BCUT2D eigenvalue weighted by Crippen LogP contribution is 2.17. The Morgan fingerprint density at radius 1 is 0.950 bits per heavy atom. The molecular formula is C17H34N2O. The summed E-state index contributed by atoms with van der Waals surface area (Å²) in [5.41, 5.74) is 0. The molecule has 0 spiro atoms. The second-order valence-corrected chi connectivity index (χ2v) is 6.24. The lowest BCUT2D eigenvalue weighted by atomic mass is 9.97. The average molecular weight is 282 g/mol. The molecule has 0 aromatic rings. The van der Waals surface area contributed by atoms with Crippen LogP contribution in [0.5, 0.6) is 0 Å². The fraction of sp³-hybridized carbons (Fsp3) is 0.941. The van der Waals surface area contributed by atoms with E-state index in [9.17, 15) is 4.79 Å². The second kappa shape index (κ2) is 11.1. The first kappa shape index (κ1) is 17.5. The summed E-state index contributed by atoms with van der Waals surface area (Å²) in [5.74, 6) is 0.138. The zero-order valence-electron chi connectivity index (χ0n) is 13.5. The Balaban J connectivity index is 2.35. The van der Waals surface area contributed by atoms with Gasteiger partial charge in [0.25, 0.3) is 0 Å². The number of hydrogen-bond acceptors (Lipinski definition) is 2. The zero-order valence-corrected chi connectivity index (χ0v) is 13.5. The molecule has 118 valence electrons. The molecule has 0 radical (unpaired) electrons. The normalized spacial score (nSPS) is 21.5. The first-order valence-electron chi connectivity index (χ1n) is 8.77. The van der Waals surface area contributed by atoms with Crippen molar-refractivity contribution >= 4 is 5.91 Å². The van der Waals surface area contributed by atoms with Gasteiger partial charge in [-0.15, -0.1) is 0 Å². The Morgan fingerprint density at radius 3 is 1.85 bits per heavy atom. The van der Waals surface area contributed by atoms with Crippen LogP contribution in [0, 0.1) is 0 Å². The van der Waals surface area contributed by atoms with E-state index < -0.39 is 0 Å². The Bertz CT molecular complexity index is 243. The number of carbonyl (C=O) groups is 1. The van der Waals surface area contributed by atoms with Crippen molar-refractivity contribution in [2.45, 2.75) is 96.6 Å². The lowest BCUT2D eigenvalue weighted by Crippen LogP contribution is -2.46. The van der Waals surface area contributed by atoms with Crippen molar-refractivity contribution in [3.63, 3.8) is 0 Å². The van der Waals surface area contributed by atoms with Crippen LogP contribution in [0.2, 0.25) is 0 Å². The summed E-state index contributed by atoms with van der Waals surface area (Å²) in [6.07, 6.45) is 14.8. The molecule has 1 fully saturated rings. The van der Waals surface area contributed by atoms with Gasteiger partial charge in [0.05, 0.1) is 6.04 Å². The maximum atomic E-state index is 11.8. The van der Waals surface area contributed by atoms with Crippen molar-refractivity contribution in [1.82, 2.24) is 10.6 Å². The van der Waals surface area contributed by atoms with Gasteiger partial charge in [0.2, 0.25) is 5.91 Å². The van der Waals surface area contributed by atoms with Crippen LogP contribution in [-0.2, 0) is 4.79 Å². The van der Waals surface area contributed by atoms with E-state index in [1.807, 2.05) is 13.8 Å². The topological polar surface area (TPSA) is 41.1 Å². The maximum Gasteiger partial charge on any atom is 0.236 e. The highest BCUT2D eigenvalue weighted by atomic mass is 16.2. The summed E-state index contributed by atoms with van der Waals surface area (Å²) in [5, 5.41) is 6.45. The summed E-state index contributed by atoms with van der Waals surface area (Å²) in [6.45, 7) is 4.68. The van der Waals surface area contributed by atoms with Gasteiger partial charge in [0, 0.05) is 12.6 Å². The number of rotatable bonds is 4. The van der Waals surface area contributed by atoms with Crippen molar-refractivity contribution in [3.05, 3.63) is 0 Å². The lowest BCUT2D eigenvalue weighted by Gasteiger charge is -2.23. The van der Waals surface area contributed by atoms with Crippen molar-refractivity contribution in [2.24, 2.45) is 0 Å². The van der Waals surface area contributed by atoms with E-state index in [1.54, 1.807) is 0 Å². The minimum atomic E-state index is -0.0622. The molecule has 0 aromatic carbocycles. The summed E-state index contributed by atoms with van der Waals surface area (Å²) in [7, 11) is 0. The minimum Gasteiger partial charge on any atom is -0.355 e. The van der Waals surface area contributed by atoms with Gasteiger partial charge in [-0.25, -0.2) is 0 Å². The molecule has 3 heteroatoms. The third kappa shape index (κ3) is 7.88. The highest BCUT2D eigenvalue weighted by Gasteiger charge is 2.17. The molecule has 1 aliphatic rings. The molecule has 0 saturated heterocycles. The third-order valence-corrected chi connectivity index (χ3v) is 4.34. The molecule has 1 atom stereocenters. The maximum absolute atomic E-state index is 11.8. The summed E-state index contributed by atoms with van der Waals surface area (Å²) < 4.78 is 0. The van der Waals surface area contributed by atoms with Gasteiger partial charge in [-0.3, -0.25) is 4.79 Å². The van der Waals surface area contributed by atoms with Crippen molar-refractivity contribution in [3.8, 4) is 0 Å². The van der Waals surface area contributed by atoms with Gasteiger partial charge >= 0.3 is 0 Å². The van der Waals surface area contributed by atoms with E-state index in [0.717, 1.165) is 6.54 Å². The van der Waals surface area contributed by atoms with Crippen LogP contribution in [0.4, 0.5) is 0 Å². The molecule has 0 aromatic heterocycles. The third-order valence-electron chi connectivity index (χ3n) is 4.34. The van der Waals surface area contributed by atoms with Gasteiger partial charge in [-0.1, -0.05) is 57.8 Å². The first-order chi connectivity index (χ1) is 9.74. The molecule has 0 bridgehead atoms. The van der Waals surface area contributed by atoms with Gasteiger partial charge in [-0.05, 0) is 26.7 Å². The van der Waals surface area contributed by atoms with E-state index in [1.165, 1.54) is 70.6 Å². The lowest BCUT2D eigenvalue weighted by molar-refractivity contribution is -0.122. The van der Waals surface area contributed by atoms with Crippen molar-refractivity contribution in [2.75, 3.05) is 6.54 Å². The quantitative estimate of drug-likeness (QED) is 0.824. The molecule has 1 rings (SSSR count). The van der Waals surface area contributed by atoms with Crippen molar-refractivity contribution in [1.29, 1.82) is 0 Å². The average Bonchev–Trinajstić information content (AvgIpc) is 2.42. The standard InChI is InChI=1S/C17H34N2O/c1-3-18-17(20)15(2)19-16-13-11-9-7-5-4-6-8-10-12-14-16/h15-16,19H,3-14H2,1-2H3,(H,18,20). The van der Waals surface area contributed by atoms with Gasteiger partial charge < -0.3 is 10.6 Å². The molecule has 0 aliphatic heterocycles. The highest BCUT2D eigenvalue weighted by molar-refractivity contribution is 5.81. The van der Waals surface area contributed by atoms with Crippen LogP contribution >= 0.6 is 0 Å². The van der Waals surface area contributed by atoms with Crippen LogP contribution in [0.15, 0.2) is 0 Å². The Hall–Kier alpha value is -0.570. The number of likely N-dealkylation sites (N-methyl/N-ethyl adjacent to an activating group) is 1. The zero-order chi connectivity index (χ0) is 14.6. The monoisotopic (exact) mass is 282 g/mol. The molecule has 1 aliphatic carbocycles. The Kier molecular flexibility index (Phi) is 9.73. The molecule has 1 amide bonds. The minimum absolute atomic E-state index is 0.0622. The van der Waals surface area contributed by atoms with E-state index >= 15 is 0 Å². The Labute approximate surface area is 125 Å². The van der Waals surface area contributed by atoms with E-state index in [2.05, 4.69) is 10.6 Å². The number of hydrogen-bond donors (Lipinski definition) is 2. The van der Waals surface area contributed by atoms with Gasteiger partial charge in [-0.2, -0.15) is 0 Å². The van der Waals surface area contributed by atoms with Crippen LogP contribution in [0.25, 0.3) is 0 Å². The fourth-order valence-corrected chi connectivity index (χ4v) is 3.09. The number of carbonyl (C=O) groups excluding carboxylic acids is 1. The SMILES string of the molecule is CCNC(=O)C(C)NC1CCCCCCCCCCC1. The van der Waals surface area contributed by atoms with Crippen LogP contribution in [-0.4, -0.2) is 24.5 Å². The smallest absolute Gasteiger partial charge is 0.236 e. The molecular weight excluding hydrogens is 248 g/mol. The van der Waals surface area contributed by atoms with E-state index in [4.69, 9.17) is 0 Å². The molecule has 1 unspecified atom stereocenters. The molecule has 3 nitrogen and oxygen atoms in total. The predicted octanol–water partition coefficient (Wildman–Crippen LogP) is 3.77.